The fourth-order valence-electron chi connectivity index (χ4n) is 4.52. The third-order valence-corrected chi connectivity index (χ3v) is 6.38. The van der Waals surface area contributed by atoms with Gasteiger partial charge < -0.3 is 5.32 Å². The Morgan fingerprint density at radius 2 is 1.83 bits per heavy atom. The minimum absolute atomic E-state index is 0.0593. The smallest absolute Gasteiger partial charge is 0.244 e. The van der Waals surface area contributed by atoms with Crippen LogP contribution in [0.5, 0.6) is 0 Å². The van der Waals surface area contributed by atoms with Gasteiger partial charge >= 0.3 is 0 Å². The summed E-state index contributed by atoms with van der Waals surface area (Å²) in [6.07, 6.45) is 7.34. The van der Waals surface area contributed by atoms with Crippen LogP contribution in [0.25, 0.3) is 6.08 Å². The van der Waals surface area contributed by atoms with Gasteiger partial charge in [0, 0.05) is 17.7 Å². The van der Waals surface area contributed by atoms with Crippen LogP contribution in [0, 0.1) is 11.7 Å². The van der Waals surface area contributed by atoms with Crippen LogP contribution >= 0.6 is 0 Å². The van der Waals surface area contributed by atoms with Crippen molar-refractivity contribution in [3.63, 3.8) is 0 Å². The number of benzene rings is 2. The molecule has 1 atom stereocenters. The van der Waals surface area contributed by atoms with Gasteiger partial charge in [-0.1, -0.05) is 42.5 Å². The quantitative estimate of drug-likeness (QED) is 0.700. The van der Waals surface area contributed by atoms with E-state index in [-0.39, 0.29) is 23.3 Å². The average molecular weight is 395 g/mol. The Morgan fingerprint density at radius 3 is 2.45 bits per heavy atom. The lowest BCUT2D eigenvalue weighted by Gasteiger charge is -2.46. The van der Waals surface area contributed by atoms with Crippen LogP contribution in [0.2, 0.25) is 0 Å². The fraction of sp³-hybridized carbons (Fsp3) is 0.400. The summed E-state index contributed by atoms with van der Waals surface area (Å²) in [5, 5.41) is 3.13. The van der Waals surface area contributed by atoms with Crippen LogP contribution in [0.1, 0.15) is 43.7 Å². The summed E-state index contributed by atoms with van der Waals surface area (Å²) in [5.41, 5.74) is 1.91. The molecule has 1 amide bonds. The number of rotatable bonds is 6. The first-order valence-electron chi connectivity index (χ1n) is 10.4. The van der Waals surface area contributed by atoms with E-state index < -0.39 is 0 Å². The van der Waals surface area contributed by atoms with E-state index in [1.54, 1.807) is 18.2 Å². The predicted molar refractivity (Wildman–Crippen MR) is 117 cm³/mol. The second-order valence-corrected chi connectivity index (χ2v) is 8.32. The molecule has 0 aliphatic heterocycles. The minimum atomic E-state index is -0.184. The molecular weight excluding hydrogens is 363 g/mol. The summed E-state index contributed by atoms with van der Waals surface area (Å²) in [5.74, 6) is 0.179. The number of carbonyl (C=O) groups excluding carboxylic acids is 1. The molecule has 4 heteroatoms. The maximum Gasteiger partial charge on any atom is 0.244 e. The molecular formula is C25H31FN2O. The molecule has 1 aliphatic rings. The van der Waals surface area contributed by atoms with Crippen molar-refractivity contribution < 1.29 is 9.18 Å². The van der Waals surface area contributed by atoms with Crippen molar-refractivity contribution in [1.82, 2.24) is 10.2 Å². The van der Waals surface area contributed by atoms with Gasteiger partial charge in [-0.25, -0.2) is 4.39 Å². The van der Waals surface area contributed by atoms with Gasteiger partial charge in [0.2, 0.25) is 5.91 Å². The Hall–Kier alpha value is -2.46. The number of carbonyl (C=O) groups is 1. The second kappa shape index (κ2) is 9.36. The van der Waals surface area contributed by atoms with Gasteiger partial charge in [-0.2, -0.15) is 0 Å². The standard InChI is InChI=1S/C25H31FN2O/c1-19(27-24(29)13-12-20-8-5-4-6-9-20)21-14-16-25(17-15-21,28(2)3)22-10-7-11-23(26)18-22/h4-13,18-19,21H,14-17H2,1-3H3,(H,27,29)/b13-12+. The maximum atomic E-state index is 13.8. The molecule has 154 valence electrons. The first kappa shape index (κ1) is 21.3. The molecule has 29 heavy (non-hydrogen) atoms. The van der Waals surface area contributed by atoms with Crippen molar-refractivity contribution in [2.24, 2.45) is 5.92 Å². The lowest BCUT2D eigenvalue weighted by Crippen LogP contribution is -2.47. The lowest BCUT2D eigenvalue weighted by molar-refractivity contribution is -0.117. The van der Waals surface area contributed by atoms with Crippen LogP contribution in [0.4, 0.5) is 4.39 Å². The van der Waals surface area contributed by atoms with Gasteiger partial charge in [0.1, 0.15) is 5.82 Å². The highest BCUT2D eigenvalue weighted by Gasteiger charge is 2.40. The molecule has 1 N–H and O–H groups in total. The fourth-order valence-corrected chi connectivity index (χ4v) is 4.52. The molecule has 0 aromatic heterocycles. The Bertz CT molecular complexity index is 839. The summed E-state index contributed by atoms with van der Waals surface area (Å²) < 4.78 is 13.8. The molecule has 1 aliphatic carbocycles. The normalized spacial score (nSPS) is 23.3. The summed E-state index contributed by atoms with van der Waals surface area (Å²) in [7, 11) is 4.15. The Kier molecular flexibility index (Phi) is 6.86. The highest BCUT2D eigenvalue weighted by molar-refractivity contribution is 5.91. The zero-order valence-corrected chi connectivity index (χ0v) is 17.6. The Labute approximate surface area is 173 Å². The molecule has 0 radical (unpaired) electrons. The largest absolute Gasteiger partial charge is 0.350 e. The van der Waals surface area contributed by atoms with Crippen molar-refractivity contribution in [2.45, 2.75) is 44.2 Å². The van der Waals surface area contributed by atoms with Gasteiger partial charge in [-0.05, 0) is 82.0 Å². The molecule has 3 rings (SSSR count). The molecule has 0 spiro atoms. The number of halogens is 1. The Balaban J connectivity index is 1.60. The van der Waals surface area contributed by atoms with E-state index in [0.29, 0.717) is 5.92 Å². The first-order chi connectivity index (χ1) is 13.9. The van der Waals surface area contributed by atoms with Gasteiger partial charge in [-0.3, -0.25) is 9.69 Å². The van der Waals surface area contributed by atoms with Crippen molar-refractivity contribution in [3.05, 3.63) is 77.6 Å². The molecule has 2 aromatic rings. The lowest BCUT2D eigenvalue weighted by atomic mass is 9.70. The van der Waals surface area contributed by atoms with Crippen LogP contribution in [-0.2, 0) is 10.3 Å². The third-order valence-electron chi connectivity index (χ3n) is 6.38. The highest BCUT2D eigenvalue weighted by Crippen LogP contribution is 2.44. The van der Waals surface area contributed by atoms with Crippen molar-refractivity contribution in [2.75, 3.05) is 14.1 Å². The summed E-state index contributed by atoms with van der Waals surface area (Å²) in [6, 6.07) is 16.9. The van der Waals surface area contributed by atoms with Crippen molar-refractivity contribution in [1.29, 1.82) is 0 Å². The van der Waals surface area contributed by atoms with Gasteiger partial charge in [0.05, 0.1) is 0 Å². The number of amides is 1. The van der Waals surface area contributed by atoms with Crippen LogP contribution < -0.4 is 5.32 Å². The van der Waals surface area contributed by atoms with E-state index in [0.717, 1.165) is 36.8 Å². The van der Waals surface area contributed by atoms with Crippen molar-refractivity contribution in [3.8, 4) is 0 Å². The molecule has 0 bridgehead atoms. The number of nitrogens with zero attached hydrogens (tertiary/aromatic N) is 1. The third kappa shape index (κ3) is 5.13. The summed E-state index contributed by atoms with van der Waals surface area (Å²) >= 11 is 0. The zero-order valence-electron chi connectivity index (χ0n) is 17.6. The van der Waals surface area contributed by atoms with E-state index in [4.69, 9.17) is 0 Å². The monoisotopic (exact) mass is 394 g/mol. The molecule has 0 saturated heterocycles. The predicted octanol–water partition coefficient (Wildman–Crippen LogP) is 4.99. The van der Waals surface area contributed by atoms with E-state index in [9.17, 15) is 9.18 Å². The average Bonchev–Trinajstić information content (AvgIpc) is 2.73. The molecule has 3 nitrogen and oxygen atoms in total. The molecule has 1 unspecified atom stereocenters. The number of nitrogens with one attached hydrogen (secondary N) is 1. The SMILES string of the molecule is CC(NC(=O)/C=C/c1ccccc1)C1CCC(c2cccc(F)c2)(N(C)C)CC1. The highest BCUT2D eigenvalue weighted by atomic mass is 19.1. The van der Waals surface area contributed by atoms with E-state index >= 15 is 0 Å². The number of hydrogen-bond donors (Lipinski definition) is 1. The summed E-state index contributed by atoms with van der Waals surface area (Å²) in [4.78, 5) is 14.5. The zero-order chi connectivity index (χ0) is 20.9. The minimum Gasteiger partial charge on any atom is -0.350 e. The van der Waals surface area contributed by atoms with E-state index in [1.807, 2.05) is 42.5 Å². The Morgan fingerprint density at radius 1 is 1.14 bits per heavy atom. The molecule has 1 fully saturated rings. The molecule has 2 aromatic carbocycles. The van der Waals surface area contributed by atoms with Crippen LogP contribution in [0.15, 0.2) is 60.7 Å². The van der Waals surface area contributed by atoms with Gasteiger partial charge in [-0.15, -0.1) is 0 Å². The summed E-state index contributed by atoms with van der Waals surface area (Å²) in [6.45, 7) is 2.09. The van der Waals surface area contributed by atoms with Crippen molar-refractivity contribution >= 4 is 12.0 Å². The van der Waals surface area contributed by atoms with Crippen LogP contribution in [-0.4, -0.2) is 30.9 Å². The molecule has 1 saturated carbocycles. The second-order valence-electron chi connectivity index (χ2n) is 8.32. The first-order valence-corrected chi connectivity index (χ1v) is 10.4. The number of hydrogen-bond acceptors (Lipinski definition) is 2. The topological polar surface area (TPSA) is 32.3 Å². The van der Waals surface area contributed by atoms with E-state index in [2.05, 4.69) is 31.2 Å². The van der Waals surface area contributed by atoms with Gasteiger partial charge in [0.25, 0.3) is 0 Å². The van der Waals surface area contributed by atoms with E-state index in [1.165, 1.54) is 6.07 Å². The maximum absolute atomic E-state index is 13.8. The van der Waals surface area contributed by atoms with Crippen LogP contribution in [0.3, 0.4) is 0 Å². The van der Waals surface area contributed by atoms with Gasteiger partial charge in [0.15, 0.2) is 0 Å². The molecule has 0 heterocycles.